The van der Waals surface area contributed by atoms with Gasteiger partial charge in [-0.3, -0.25) is 0 Å². The standard InChI is InChI=1S/C15H12N2/c1-2-11-4-3-5-12(10-11)13-6-8-16-15-14(13)7-9-17-15/h2-10H,1H2,(H,16,17). The molecule has 2 heteroatoms. The summed E-state index contributed by atoms with van der Waals surface area (Å²) in [5, 5.41) is 1.15. The molecule has 0 unspecified atom stereocenters. The van der Waals surface area contributed by atoms with Gasteiger partial charge in [-0.25, -0.2) is 4.98 Å². The summed E-state index contributed by atoms with van der Waals surface area (Å²) in [6.07, 6.45) is 5.60. The van der Waals surface area contributed by atoms with Gasteiger partial charge in [0.1, 0.15) is 5.65 Å². The maximum atomic E-state index is 4.29. The van der Waals surface area contributed by atoms with E-state index in [1.54, 1.807) is 0 Å². The second-order valence-electron chi connectivity index (χ2n) is 3.93. The zero-order valence-corrected chi connectivity index (χ0v) is 9.35. The van der Waals surface area contributed by atoms with E-state index in [4.69, 9.17) is 0 Å². The van der Waals surface area contributed by atoms with E-state index in [2.05, 4.69) is 34.7 Å². The van der Waals surface area contributed by atoms with Crippen LogP contribution in [0, 0.1) is 0 Å². The minimum absolute atomic E-state index is 0.923. The maximum absolute atomic E-state index is 4.29. The number of nitrogens with one attached hydrogen (secondary N) is 1. The molecule has 0 atom stereocenters. The Labute approximate surface area is 99.6 Å². The molecule has 0 fully saturated rings. The quantitative estimate of drug-likeness (QED) is 0.697. The predicted molar refractivity (Wildman–Crippen MR) is 71.6 cm³/mol. The van der Waals surface area contributed by atoms with Gasteiger partial charge in [-0.2, -0.15) is 0 Å². The second-order valence-corrected chi connectivity index (χ2v) is 3.93. The van der Waals surface area contributed by atoms with Crippen molar-refractivity contribution in [2.24, 2.45) is 0 Å². The highest BCUT2D eigenvalue weighted by Crippen LogP contribution is 2.27. The van der Waals surface area contributed by atoms with Crippen LogP contribution < -0.4 is 0 Å². The molecule has 0 spiro atoms. The molecule has 0 saturated carbocycles. The Morgan fingerprint density at radius 2 is 2.12 bits per heavy atom. The van der Waals surface area contributed by atoms with E-state index in [9.17, 15) is 0 Å². The van der Waals surface area contributed by atoms with Crippen molar-refractivity contribution in [1.29, 1.82) is 0 Å². The van der Waals surface area contributed by atoms with Crippen LogP contribution in [0.4, 0.5) is 0 Å². The van der Waals surface area contributed by atoms with Crippen LogP contribution in [0.2, 0.25) is 0 Å². The van der Waals surface area contributed by atoms with E-state index < -0.39 is 0 Å². The summed E-state index contributed by atoms with van der Waals surface area (Å²) in [5.41, 5.74) is 4.43. The summed E-state index contributed by atoms with van der Waals surface area (Å²) in [4.78, 5) is 7.42. The van der Waals surface area contributed by atoms with E-state index >= 15 is 0 Å². The number of aromatic amines is 1. The summed E-state index contributed by atoms with van der Waals surface area (Å²) in [7, 11) is 0. The van der Waals surface area contributed by atoms with Crippen molar-refractivity contribution in [2.75, 3.05) is 0 Å². The van der Waals surface area contributed by atoms with Crippen LogP contribution in [0.15, 0.2) is 55.4 Å². The normalized spacial score (nSPS) is 10.6. The minimum Gasteiger partial charge on any atom is -0.346 e. The summed E-state index contributed by atoms with van der Waals surface area (Å²) in [6.45, 7) is 3.80. The zero-order valence-electron chi connectivity index (χ0n) is 9.35. The largest absolute Gasteiger partial charge is 0.346 e. The number of rotatable bonds is 2. The van der Waals surface area contributed by atoms with Crippen molar-refractivity contribution < 1.29 is 0 Å². The monoisotopic (exact) mass is 220 g/mol. The third kappa shape index (κ3) is 1.64. The lowest BCUT2D eigenvalue weighted by molar-refractivity contribution is 1.33. The highest BCUT2D eigenvalue weighted by Gasteiger charge is 2.04. The second kappa shape index (κ2) is 3.91. The first kappa shape index (κ1) is 9.85. The summed E-state index contributed by atoms with van der Waals surface area (Å²) in [6, 6.07) is 12.4. The SMILES string of the molecule is C=Cc1cccc(-c2ccnc3[nH]ccc23)c1. The lowest BCUT2D eigenvalue weighted by atomic mass is 10.0. The molecular weight excluding hydrogens is 208 g/mol. The van der Waals surface area contributed by atoms with Crippen LogP contribution in [0.3, 0.4) is 0 Å². The van der Waals surface area contributed by atoms with Crippen molar-refractivity contribution in [1.82, 2.24) is 9.97 Å². The molecule has 0 aliphatic heterocycles. The van der Waals surface area contributed by atoms with Gasteiger partial charge < -0.3 is 4.98 Å². The van der Waals surface area contributed by atoms with Crippen molar-refractivity contribution in [3.05, 3.63) is 60.9 Å². The zero-order chi connectivity index (χ0) is 11.7. The molecule has 1 aromatic carbocycles. The summed E-state index contributed by atoms with van der Waals surface area (Å²) >= 11 is 0. The lowest BCUT2D eigenvalue weighted by Crippen LogP contribution is -1.82. The molecule has 2 aromatic heterocycles. The Kier molecular flexibility index (Phi) is 2.26. The van der Waals surface area contributed by atoms with Crippen molar-refractivity contribution in [2.45, 2.75) is 0 Å². The minimum atomic E-state index is 0.923. The summed E-state index contributed by atoms with van der Waals surface area (Å²) in [5.74, 6) is 0. The number of nitrogens with zero attached hydrogens (tertiary/aromatic N) is 1. The molecule has 2 nitrogen and oxygen atoms in total. The van der Waals surface area contributed by atoms with Crippen LogP contribution in [0.5, 0.6) is 0 Å². The van der Waals surface area contributed by atoms with E-state index in [1.807, 2.05) is 36.7 Å². The Hall–Kier alpha value is -2.35. The molecule has 2 heterocycles. The number of hydrogen-bond donors (Lipinski definition) is 1. The van der Waals surface area contributed by atoms with Crippen LogP contribution >= 0.6 is 0 Å². The van der Waals surface area contributed by atoms with Crippen LogP contribution in [0.1, 0.15) is 5.56 Å². The number of pyridine rings is 1. The molecule has 0 saturated heterocycles. The third-order valence-corrected chi connectivity index (χ3v) is 2.89. The van der Waals surface area contributed by atoms with E-state index in [1.165, 1.54) is 11.1 Å². The number of fused-ring (bicyclic) bond motifs is 1. The average Bonchev–Trinajstić information content (AvgIpc) is 2.87. The summed E-state index contributed by atoms with van der Waals surface area (Å²) < 4.78 is 0. The van der Waals surface area contributed by atoms with E-state index in [0.29, 0.717) is 0 Å². The number of hydrogen-bond acceptors (Lipinski definition) is 1. The fourth-order valence-corrected chi connectivity index (χ4v) is 2.05. The molecule has 0 radical (unpaired) electrons. The van der Waals surface area contributed by atoms with Crippen LogP contribution in [0.25, 0.3) is 28.2 Å². The Morgan fingerprint density at radius 3 is 3.00 bits per heavy atom. The number of H-pyrrole nitrogens is 1. The first-order valence-electron chi connectivity index (χ1n) is 5.53. The van der Waals surface area contributed by atoms with E-state index in [-0.39, 0.29) is 0 Å². The smallest absolute Gasteiger partial charge is 0.137 e. The predicted octanol–water partition coefficient (Wildman–Crippen LogP) is 3.87. The van der Waals surface area contributed by atoms with Crippen molar-refractivity contribution in [3.63, 3.8) is 0 Å². The average molecular weight is 220 g/mol. The van der Waals surface area contributed by atoms with Gasteiger partial charge in [0.15, 0.2) is 0 Å². The maximum Gasteiger partial charge on any atom is 0.137 e. The van der Waals surface area contributed by atoms with Crippen molar-refractivity contribution >= 4 is 17.1 Å². The first-order valence-corrected chi connectivity index (χ1v) is 5.53. The molecule has 0 aliphatic rings. The van der Waals surface area contributed by atoms with Gasteiger partial charge in [-0.15, -0.1) is 0 Å². The molecule has 17 heavy (non-hydrogen) atoms. The highest BCUT2D eigenvalue weighted by atomic mass is 14.8. The molecule has 3 rings (SSSR count). The Morgan fingerprint density at radius 1 is 1.18 bits per heavy atom. The first-order chi connectivity index (χ1) is 8.38. The van der Waals surface area contributed by atoms with Gasteiger partial charge in [0.25, 0.3) is 0 Å². The van der Waals surface area contributed by atoms with Gasteiger partial charge in [-0.1, -0.05) is 30.9 Å². The fraction of sp³-hybridized carbons (Fsp3) is 0. The fourth-order valence-electron chi connectivity index (χ4n) is 2.05. The topological polar surface area (TPSA) is 28.7 Å². The van der Waals surface area contributed by atoms with Crippen LogP contribution in [-0.2, 0) is 0 Å². The van der Waals surface area contributed by atoms with Gasteiger partial charge in [0, 0.05) is 17.8 Å². The van der Waals surface area contributed by atoms with Crippen molar-refractivity contribution in [3.8, 4) is 11.1 Å². The number of aromatic nitrogens is 2. The molecule has 0 aliphatic carbocycles. The van der Waals surface area contributed by atoms with Gasteiger partial charge >= 0.3 is 0 Å². The molecule has 82 valence electrons. The molecule has 3 aromatic rings. The molecular formula is C15H12N2. The van der Waals surface area contributed by atoms with Gasteiger partial charge in [0.05, 0.1) is 0 Å². The molecule has 0 bridgehead atoms. The lowest BCUT2D eigenvalue weighted by Gasteiger charge is -2.04. The highest BCUT2D eigenvalue weighted by molar-refractivity contribution is 5.93. The Bertz CT molecular complexity index is 680. The van der Waals surface area contributed by atoms with Gasteiger partial charge in [-0.05, 0) is 34.9 Å². The number of benzene rings is 1. The molecule has 1 N–H and O–H groups in total. The van der Waals surface area contributed by atoms with E-state index in [0.717, 1.165) is 16.6 Å². The van der Waals surface area contributed by atoms with Gasteiger partial charge in [0.2, 0.25) is 0 Å². The van der Waals surface area contributed by atoms with Crippen LogP contribution in [-0.4, -0.2) is 9.97 Å². The molecule has 0 amide bonds. The third-order valence-electron chi connectivity index (χ3n) is 2.89. The Balaban J connectivity index is 2.26.